The molecule has 0 saturated carbocycles. The maximum atomic E-state index is 12.0. The first kappa shape index (κ1) is 20.5. The number of sulfonamides is 1. The van der Waals surface area contributed by atoms with Crippen molar-refractivity contribution in [3.05, 3.63) is 59.7 Å². The Morgan fingerprint density at radius 1 is 1.11 bits per heavy atom. The standard InChI is InChI=1S/C20H24N4O2S/c1-22-19-10-5-4-9-18(19)20(21)23-15-7-6-8-16-11-13-17(14-12-16)27(25,26)24(2)3/h4-5,9-14,22H,7,15H2,1-3H3,(H2,21,23). The quantitative estimate of drug-likeness (QED) is 0.309. The Hall–Kier alpha value is -2.82. The van der Waals surface area contributed by atoms with E-state index in [1.165, 1.54) is 18.4 Å². The Morgan fingerprint density at radius 3 is 2.41 bits per heavy atom. The van der Waals surface area contributed by atoms with Crippen molar-refractivity contribution in [3.63, 3.8) is 0 Å². The van der Waals surface area contributed by atoms with Gasteiger partial charge in [-0.1, -0.05) is 24.0 Å². The fourth-order valence-electron chi connectivity index (χ4n) is 2.35. The number of amidine groups is 1. The summed E-state index contributed by atoms with van der Waals surface area (Å²) in [5.41, 5.74) is 2.46. The lowest BCUT2D eigenvalue weighted by molar-refractivity contribution is 0.521. The highest BCUT2D eigenvalue weighted by Crippen LogP contribution is 2.14. The molecule has 2 aromatic carbocycles. The third kappa shape index (κ3) is 5.33. The Labute approximate surface area is 161 Å². The fraction of sp³-hybridized carbons (Fsp3) is 0.250. The van der Waals surface area contributed by atoms with Crippen LogP contribution < -0.4 is 10.6 Å². The number of anilines is 1. The predicted octanol–water partition coefficient (Wildman–Crippen LogP) is 2.34. The molecule has 6 nitrogen and oxygen atoms in total. The maximum Gasteiger partial charge on any atom is 0.242 e. The molecule has 142 valence electrons. The molecule has 27 heavy (non-hydrogen) atoms. The second-order valence-electron chi connectivity index (χ2n) is 5.96. The van der Waals surface area contributed by atoms with Gasteiger partial charge >= 0.3 is 0 Å². The Morgan fingerprint density at radius 2 is 1.78 bits per heavy atom. The van der Waals surface area contributed by atoms with Gasteiger partial charge in [-0.15, -0.1) is 0 Å². The van der Waals surface area contributed by atoms with E-state index < -0.39 is 10.0 Å². The molecular weight excluding hydrogens is 360 g/mol. The molecule has 0 saturated heterocycles. The molecule has 0 aliphatic rings. The molecular formula is C20H24N4O2S. The zero-order valence-electron chi connectivity index (χ0n) is 15.7. The number of rotatable bonds is 6. The molecule has 0 amide bonds. The van der Waals surface area contributed by atoms with Gasteiger partial charge in [-0.3, -0.25) is 5.41 Å². The van der Waals surface area contributed by atoms with E-state index in [0.717, 1.165) is 16.8 Å². The lowest BCUT2D eigenvalue weighted by atomic mass is 10.1. The predicted molar refractivity (Wildman–Crippen MR) is 110 cm³/mol. The van der Waals surface area contributed by atoms with E-state index in [9.17, 15) is 8.42 Å². The van der Waals surface area contributed by atoms with Gasteiger partial charge in [0, 0.05) is 50.9 Å². The monoisotopic (exact) mass is 384 g/mol. The average Bonchev–Trinajstić information content (AvgIpc) is 2.67. The smallest absolute Gasteiger partial charge is 0.242 e. The van der Waals surface area contributed by atoms with Gasteiger partial charge in [-0.25, -0.2) is 12.7 Å². The topological polar surface area (TPSA) is 85.3 Å². The molecule has 0 fully saturated rings. The van der Waals surface area contributed by atoms with Crippen molar-refractivity contribution in [2.75, 3.05) is 33.0 Å². The highest BCUT2D eigenvalue weighted by Gasteiger charge is 2.16. The molecule has 0 aliphatic heterocycles. The zero-order valence-corrected chi connectivity index (χ0v) is 16.5. The molecule has 2 aromatic rings. The van der Waals surface area contributed by atoms with Crippen molar-refractivity contribution < 1.29 is 8.42 Å². The van der Waals surface area contributed by atoms with Gasteiger partial charge in [0.2, 0.25) is 10.0 Å². The first-order chi connectivity index (χ1) is 12.9. The van der Waals surface area contributed by atoms with Crippen molar-refractivity contribution in [1.29, 1.82) is 5.41 Å². The molecule has 0 radical (unpaired) electrons. The number of benzene rings is 2. The van der Waals surface area contributed by atoms with E-state index in [0.29, 0.717) is 18.8 Å². The van der Waals surface area contributed by atoms with Gasteiger partial charge in [-0.2, -0.15) is 0 Å². The molecule has 0 spiro atoms. The average molecular weight is 385 g/mol. The first-order valence-electron chi connectivity index (χ1n) is 8.47. The fourth-order valence-corrected chi connectivity index (χ4v) is 3.25. The number of para-hydroxylation sites is 1. The summed E-state index contributed by atoms with van der Waals surface area (Å²) in [6.07, 6.45) is 0.571. The van der Waals surface area contributed by atoms with Crippen LogP contribution >= 0.6 is 0 Å². The number of hydrogen-bond donors (Lipinski definition) is 3. The minimum absolute atomic E-state index is 0.247. The van der Waals surface area contributed by atoms with Crippen molar-refractivity contribution in [1.82, 2.24) is 9.62 Å². The summed E-state index contributed by atoms with van der Waals surface area (Å²) in [4.78, 5) is 0.247. The van der Waals surface area contributed by atoms with Crippen LogP contribution in [0, 0.1) is 17.3 Å². The zero-order chi connectivity index (χ0) is 19.9. The van der Waals surface area contributed by atoms with Crippen molar-refractivity contribution in [2.24, 2.45) is 0 Å². The van der Waals surface area contributed by atoms with Crippen LogP contribution in [0.25, 0.3) is 0 Å². The summed E-state index contributed by atoms with van der Waals surface area (Å²) in [7, 11) is 1.41. The van der Waals surface area contributed by atoms with Gasteiger partial charge < -0.3 is 10.6 Å². The van der Waals surface area contributed by atoms with Crippen LogP contribution in [-0.2, 0) is 10.0 Å². The van der Waals surface area contributed by atoms with E-state index in [1.54, 1.807) is 24.3 Å². The Balaban J connectivity index is 1.90. The van der Waals surface area contributed by atoms with Gasteiger partial charge in [0.1, 0.15) is 5.84 Å². The van der Waals surface area contributed by atoms with E-state index in [4.69, 9.17) is 5.41 Å². The van der Waals surface area contributed by atoms with Crippen molar-refractivity contribution >= 4 is 21.5 Å². The van der Waals surface area contributed by atoms with E-state index >= 15 is 0 Å². The van der Waals surface area contributed by atoms with Crippen LogP contribution in [-0.4, -0.2) is 46.2 Å². The summed E-state index contributed by atoms with van der Waals surface area (Å²) >= 11 is 0. The van der Waals surface area contributed by atoms with Crippen LogP contribution in [0.2, 0.25) is 0 Å². The van der Waals surface area contributed by atoms with Crippen molar-refractivity contribution in [3.8, 4) is 11.8 Å². The first-order valence-corrected chi connectivity index (χ1v) is 9.91. The van der Waals surface area contributed by atoms with Crippen molar-refractivity contribution in [2.45, 2.75) is 11.3 Å². The van der Waals surface area contributed by atoms with Crippen LogP contribution in [0.5, 0.6) is 0 Å². The van der Waals surface area contributed by atoms with E-state index in [-0.39, 0.29) is 4.90 Å². The number of nitrogens with one attached hydrogen (secondary N) is 3. The third-order valence-electron chi connectivity index (χ3n) is 3.88. The Bertz CT molecular complexity index is 955. The van der Waals surface area contributed by atoms with Crippen LogP contribution in [0.4, 0.5) is 5.69 Å². The second kappa shape index (κ2) is 9.21. The molecule has 0 aromatic heterocycles. The van der Waals surface area contributed by atoms with Crippen LogP contribution in [0.15, 0.2) is 53.4 Å². The molecule has 0 atom stereocenters. The Kier molecular flexibility index (Phi) is 6.99. The number of nitrogens with zero attached hydrogens (tertiary/aromatic N) is 1. The molecule has 0 aliphatic carbocycles. The molecule has 0 heterocycles. The van der Waals surface area contributed by atoms with Crippen LogP contribution in [0.3, 0.4) is 0 Å². The largest absolute Gasteiger partial charge is 0.388 e. The lowest BCUT2D eigenvalue weighted by Gasteiger charge is -2.11. The molecule has 0 bridgehead atoms. The summed E-state index contributed by atoms with van der Waals surface area (Å²) in [6, 6.07) is 14.1. The highest BCUT2D eigenvalue weighted by atomic mass is 32.2. The SMILES string of the molecule is CNc1ccccc1C(=N)NCCC#Cc1ccc(S(=O)(=O)N(C)C)cc1. The normalized spacial score (nSPS) is 10.8. The van der Waals surface area contributed by atoms with E-state index in [1.807, 2.05) is 31.3 Å². The molecule has 2 rings (SSSR count). The minimum Gasteiger partial charge on any atom is -0.388 e. The van der Waals surface area contributed by atoms with Gasteiger partial charge in [0.05, 0.1) is 4.90 Å². The second-order valence-corrected chi connectivity index (χ2v) is 8.11. The highest BCUT2D eigenvalue weighted by molar-refractivity contribution is 7.89. The molecule has 0 unspecified atom stereocenters. The van der Waals surface area contributed by atoms with Crippen LogP contribution in [0.1, 0.15) is 17.5 Å². The summed E-state index contributed by atoms with van der Waals surface area (Å²) in [5.74, 6) is 6.39. The minimum atomic E-state index is -3.42. The molecule has 7 heteroatoms. The third-order valence-corrected chi connectivity index (χ3v) is 5.71. The summed E-state index contributed by atoms with van der Waals surface area (Å²) < 4.78 is 25.2. The summed E-state index contributed by atoms with van der Waals surface area (Å²) in [6.45, 7) is 0.553. The maximum absolute atomic E-state index is 12.0. The molecule has 3 N–H and O–H groups in total. The lowest BCUT2D eigenvalue weighted by Crippen LogP contribution is -2.25. The van der Waals surface area contributed by atoms with Gasteiger partial charge in [0.15, 0.2) is 0 Å². The van der Waals surface area contributed by atoms with Gasteiger partial charge in [-0.05, 0) is 36.4 Å². The van der Waals surface area contributed by atoms with Gasteiger partial charge in [0.25, 0.3) is 0 Å². The van der Waals surface area contributed by atoms with E-state index in [2.05, 4.69) is 22.5 Å². The number of hydrogen-bond acceptors (Lipinski definition) is 4. The summed E-state index contributed by atoms with van der Waals surface area (Å²) in [5, 5.41) is 14.3.